The van der Waals surface area contributed by atoms with E-state index in [1.54, 1.807) is 62.8 Å². The van der Waals surface area contributed by atoms with Gasteiger partial charge < -0.3 is 14.8 Å². The van der Waals surface area contributed by atoms with Crippen LogP contribution in [-0.4, -0.2) is 29.7 Å². The number of hydrogen-bond donors (Lipinski definition) is 1. The Morgan fingerprint density at radius 1 is 0.676 bits per heavy atom. The number of anilines is 1. The molecule has 1 N–H and O–H groups in total. The Morgan fingerprint density at radius 2 is 1.15 bits per heavy atom. The van der Waals surface area contributed by atoms with Crippen LogP contribution in [0.4, 0.5) is 11.4 Å². The van der Waals surface area contributed by atoms with E-state index in [0.29, 0.717) is 22.9 Å². The molecule has 0 heterocycles. The second kappa shape index (κ2) is 9.67. The second-order valence-corrected chi connectivity index (χ2v) is 10.3. The summed E-state index contributed by atoms with van der Waals surface area (Å²) >= 11 is 47.3. The molecule has 2 aliphatic rings. The van der Waals surface area contributed by atoms with Crippen LogP contribution in [0.5, 0.6) is 11.5 Å². The van der Waals surface area contributed by atoms with Gasteiger partial charge in [0, 0.05) is 5.69 Å². The van der Waals surface area contributed by atoms with Crippen molar-refractivity contribution in [3.63, 3.8) is 0 Å². The molecule has 2 atom stereocenters. The zero-order chi connectivity index (χ0) is 24.8. The molecule has 0 saturated carbocycles. The van der Waals surface area contributed by atoms with E-state index in [-0.39, 0.29) is 36.6 Å². The van der Waals surface area contributed by atoms with Gasteiger partial charge in [-0.25, -0.2) is 4.99 Å². The van der Waals surface area contributed by atoms with E-state index in [1.807, 2.05) is 0 Å². The van der Waals surface area contributed by atoms with Crippen LogP contribution >= 0.6 is 81.2 Å². The molecular formula is C23H15Cl7N2O2. The summed E-state index contributed by atoms with van der Waals surface area (Å²) in [6, 6.07) is 14.0. The molecule has 0 saturated heterocycles. The first-order valence-electron chi connectivity index (χ1n) is 9.64. The molecule has 0 bridgehead atoms. The average Bonchev–Trinajstić information content (AvgIpc) is 3.02. The van der Waals surface area contributed by atoms with Crippen molar-refractivity contribution in [2.45, 2.75) is 9.75 Å². The van der Waals surface area contributed by atoms with Gasteiger partial charge in [0.2, 0.25) is 0 Å². The van der Waals surface area contributed by atoms with Gasteiger partial charge >= 0.3 is 0 Å². The second-order valence-electron chi connectivity index (χ2n) is 7.27. The Hall–Kier alpha value is -1.24. The maximum atomic E-state index is 7.18. The first kappa shape index (κ1) is 25.8. The summed E-state index contributed by atoms with van der Waals surface area (Å²) in [5.74, 6) is 1.32. The first-order valence-corrected chi connectivity index (χ1v) is 12.3. The number of nitrogens with zero attached hydrogens (tertiary/aromatic N) is 1. The largest absolute Gasteiger partial charge is 0.497 e. The lowest BCUT2D eigenvalue weighted by Crippen LogP contribution is -2.52. The summed E-state index contributed by atoms with van der Waals surface area (Å²) < 4.78 is 10.4. The molecule has 2 aliphatic carbocycles. The fraction of sp³-hybridized carbons (Fsp3) is 0.174. The zero-order valence-corrected chi connectivity index (χ0v) is 22.8. The van der Waals surface area contributed by atoms with Crippen molar-refractivity contribution < 1.29 is 9.47 Å². The molecule has 0 aliphatic heterocycles. The third kappa shape index (κ3) is 3.88. The normalized spacial score (nSPS) is 25.7. The summed E-state index contributed by atoms with van der Waals surface area (Å²) in [7, 11) is 3.14. The highest BCUT2D eigenvalue weighted by molar-refractivity contribution is 6.67. The van der Waals surface area contributed by atoms with Gasteiger partial charge in [0.05, 0.1) is 56.5 Å². The lowest BCUT2D eigenvalue weighted by molar-refractivity contribution is 0.415. The van der Waals surface area contributed by atoms with Crippen LogP contribution < -0.4 is 14.8 Å². The molecule has 0 radical (unpaired) electrons. The number of alkyl halides is 2. The van der Waals surface area contributed by atoms with Gasteiger partial charge in [-0.1, -0.05) is 58.0 Å². The molecule has 4 nitrogen and oxygen atoms in total. The van der Waals surface area contributed by atoms with Crippen LogP contribution in [-0.2, 0) is 0 Å². The van der Waals surface area contributed by atoms with Crippen molar-refractivity contribution in [2.24, 2.45) is 4.99 Å². The molecule has 2 aromatic carbocycles. The summed E-state index contributed by atoms with van der Waals surface area (Å²) in [6.45, 7) is 0. The number of nitrogens with one attached hydrogen (secondary N) is 1. The first-order chi connectivity index (χ1) is 16.1. The maximum absolute atomic E-state index is 7.18. The Kier molecular flexibility index (Phi) is 7.35. The van der Waals surface area contributed by atoms with Crippen LogP contribution in [0.15, 0.2) is 84.4 Å². The zero-order valence-electron chi connectivity index (χ0n) is 17.5. The van der Waals surface area contributed by atoms with Crippen molar-refractivity contribution in [2.75, 3.05) is 19.5 Å². The number of allylic oxidation sites excluding steroid dienone is 5. The molecule has 2 aromatic rings. The monoisotopic (exact) mass is 596 g/mol. The minimum atomic E-state index is -1.76. The van der Waals surface area contributed by atoms with Crippen molar-refractivity contribution in [3.05, 3.63) is 79.4 Å². The van der Waals surface area contributed by atoms with Crippen LogP contribution in [0.3, 0.4) is 0 Å². The molecule has 0 aromatic heterocycles. The van der Waals surface area contributed by atoms with Crippen molar-refractivity contribution >= 4 is 98.3 Å². The topological polar surface area (TPSA) is 42.8 Å². The summed E-state index contributed by atoms with van der Waals surface area (Å²) in [5, 5.41) is 3.13. The van der Waals surface area contributed by atoms with Gasteiger partial charge in [0.15, 0.2) is 9.75 Å². The highest BCUT2D eigenvalue weighted by Gasteiger charge is 2.68. The van der Waals surface area contributed by atoms with Crippen molar-refractivity contribution in [1.82, 2.24) is 0 Å². The van der Waals surface area contributed by atoms with Gasteiger partial charge in [-0.3, -0.25) is 0 Å². The molecule has 11 heteroatoms. The number of hydrogen-bond acceptors (Lipinski definition) is 4. The Morgan fingerprint density at radius 3 is 1.65 bits per heavy atom. The summed E-state index contributed by atoms with van der Waals surface area (Å²) in [4.78, 5) is 1.19. The van der Waals surface area contributed by atoms with Crippen molar-refractivity contribution in [3.8, 4) is 11.5 Å². The fourth-order valence-corrected chi connectivity index (χ4v) is 6.37. The maximum Gasteiger partial charge on any atom is 0.155 e. The number of rotatable bonds is 5. The minimum absolute atomic E-state index is 0.0381. The number of fused-ring (bicyclic) bond motifs is 1. The Balaban J connectivity index is 1.93. The third-order valence-corrected chi connectivity index (χ3v) is 9.39. The molecule has 178 valence electrons. The van der Waals surface area contributed by atoms with E-state index >= 15 is 0 Å². The Bertz CT molecular complexity index is 1270. The van der Waals surface area contributed by atoms with E-state index in [4.69, 9.17) is 90.7 Å². The average molecular weight is 600 g/mol. The van der Waals surface area contributed by atoms with Gasteiger partial charge in [0.1, 0.15) is 11.5 Å². The molecule has 4 rings (SSSR count). The van der Waals surface area contributed by atoms with E-state index in [1.165, 1.54) is 0 Å². The molecule has 34 heavy (non-hydrogen) atoms. The van der Waals surface area contributed by atoms with Crippen LogP contribution in [0.25, 0.3) is 0 Å². The molecule has 0 spiro atoms. The molecule has 2 unspecified atom stereocenters. The standard InChI is InChI=1S/C23H15Cl7N2O2/c1-33-13-7-3-11(4-8-13)31-20-17(26)21(32-12-5-9-14(34-2)10-6-12)23(30)19(28)16(25)15(24)18(27)22(20,23)29/h3-10,31H,1-2H3. The fourth-order valence-electron chi connectivity index (χ4n) is 3.64. The smallest absolute Gasteiger partial charge is 0.155 e. The van der Waals surface area contributed by atoms with E-state index < -0.39 is 9.75 Å². The highest BCUT2D eigenvalue weighted by Crippen LogP contribution is 2.64. The van der Waals surface area contributed by atoms with Crippen LogP contribution in [0.2, 0.25) is 0 Å². The Labute approximate surface area is 231 Å². The third-order valence-electron chi connectivity index (χ3n) is 5.43. The van der Waals surface area contributed by atoms with E-state index in [2.05, 4.69) is 10.3 Å². The predicted octanol–water partition coefficient (Wildman–Crippen LogP) is 8.70. The van der Waals surface area contributed by atoms with Crippen LogP contribution in [0, 0.1) is 0 Å². The molecule has 0 amide bonds. The quantitative estimate of drug-likeness (QED) is 0.350. The van der Waals surface area contributed by atoms with Crippen molar-refractivity contribution in [1.29, 1.82) is 0 Å². The number of halogens is 7. The van der Waals surface area contributed by atoms with Crippen LogP contribution in [0.1, 0.15) is 0 Å². The van der Waals surface area contributed by atoms with Gasteiger partial charge in [-0.05, 0) is 48.5 Å². The minimum Gasteiger partial charge on any atom is -0.497 e. The SMILES string of the molecule is COc1ccc(N=C2C(Cl)=C(Nc3ccc(OC)cc3)C3(Cl)C(Cl)=C(Cl)C(Cl)=C(Cl)C23Cl)cc1. The lowest BCUT2D eigenvalue weighted by Gasteiger charge is -2.41. The van der Waals surface area contributed by atoms with Gasteiger partial charge in [-0.2, -0.15) is 0 Å². The molecule has 0 fully saturated rings. The van der Waals surface area contributed by atoms with Gasteiger partial charge in [-0.15, -0.1) is 23.2 Å². The number of aliphatic imine (C=N–C) groups is 1. The lowest BCUT2D eigenvalue weighted by atomic mass is 9.85. The van der Waals surface area contributed by atoms with E-state index in [9.17, 15) is 0 Å². The van der Waals surface area contributed by atoms with Gasteiger partial charge in [0.25, 0.3) is 0 Å². The molecular weight excluding hydrogens is 584 g/mol. The predicted molar refractivity (Wildman–Crippen MR) is 144 cm³/mol. The van der Waals surface area contributed by atoms with E-state index in [0.717, 1.165) is 0 Å². The number of benzene rings is 2. The summed E-state index contributed by atoms with van der Waals surface area (Å²) in [6.07, 6.45) is 0. The highest BCUT2D eigenvalue weighted by atomic mass is 35.5. The number of methoxy groups -OCH3 is 2. The summed E-state index contributed by atoms with van der Waals surface area (Å²) in [5.41, 5.74) is 1.55. The number of ether oxygens (including phenoxy) is 2.